The lowest BCUT2D eigenvalue weighted by atomic mass is 10.0. The van der Waals surface area contributed by atoms with Crippen LogP contribution in [0.1, 0.15) is 21.6 Å². The summed E-state index contributed by atoms with van der Waals surface area (Å²) >= 11 is 3.33. The van der Waals surface area contributed by atoms with Crippen LogP contribution in [0.4, 0.5) is 4.39 Å². The van der Waals surface area contributed by atoms with E-state index in [-0.39, 0.29) is 11.6 Å². The van der Waals surface area contributed by atoms with Crippen LogP contribution >= 0.6 is 15.9 Å². The Morgan fingerprint density at radius 1 is 1.50 bits per heavy atom. The van der Waals surface area contributed by atoms with E-state index in [1.807, 2.05) is 0 Å². The van der Waals surface area contributed by atoms with Gasteiger partial charge in [0.25, 0.3) is 0 Å². The monoisotopic (exact) mass is 340 g/mol. The number of rotatable bonds is 5. The molecule has 106 valence electrons. The van der Waals surface area contributed by atoms with Crippen LogP contribution < -0.4 is 0 Å². The van der Waals surface area contributed by atoms with Crippen molar-refractivity contribution in [3.05, 3.63) is 51.5 Å². The van der Waals surface area contributed by atoms with Gasteiger partial charge in [0.15, 0.2) is 0 Å². The number of ether oxygens (including phenoxy) is 1. The molecule has 1 aromatic carbocycles. The lowest BCUT2D eigenvalue weighted by molar-refractivity contribution is 0.102. The Balaban J connectivity index is 2.40. The molecule has 0 radical (unpaired) electrons. The van der Waals surface area contributed by atoms with Crippen LogP contribution in [0.5, 0.6) is 0 Å². The molecule has 20 heavy (non-hydrogen) atoms. The summed E-state index contributed by atoms with van der Waals surface area (Å²) in [6, 6.07) is 4.12. The molecule has 0 amide bonds. The van der Waals surface area contributed by atoms with Crippen molar-refractivity contribution in [3.8, 4) is 0 Å². The maximum atomic E-state index is 13.1. The molecule has 1 aromatic heterocycles. The number of aryl methyl sites for hydroxylation is 1. The normalized spacial score (nSPS) is 10.8. The van der Waals surface area contributed by atoms with Gasteiger partial charge in [0.2, 0.25) is 5.78 Å². The minimum atomic E-state index is -0.356. The molecule has 0 N–H and O–H groups in total. The van der Waals surface area contributed by atoms with Gasteiger partial charge in [-0.15, -0.1) is 0 Å². The van der Waals surface area contributed by atoms with Crippen molar-refractivity contribution in [1.29, 1.82) is 0 Å². The van der Waals surface area contributed by atoms with Crippen LogP contribution in [-0.2, 0) is 11.3 Å². The van der Waals surface area contributed by atoms with E-state index in [2.05, 4.69) is 21.0 Å². The van der Waals surface area contributed by atoms with E-state index in [0.717, 1.165) is 0 Å². The first-order chi connectivity index (χ1) is 9.54. The molecule has 0 unspecified atom stereocenters. The van der Waals surface area contributed by atoms with E-state index in [1.165, 1.54) is 18.2 Å². The number of carbonyl (C=O) groups is 1. The Morgan fingerprint density at radius 3 is 2.90 bits per heavy atom. The van der Waals surface area contributed by atoms with Crippen LogP contribution in [0.3, 0.4) is 0 Å². The summed E-state index contributed by atoms with van der Waals surface area (Å²) in [5, 5.41) is 4.14. The highest BCUT2D eigenvalue weighted by molar-refractivity contribution is 9.10. The largest absolute Gasteiger partial charge is 0.383 e. The molecule has 1 heterocycles. The van der Waals surface area contributed by atoms with Crippen LogP contribution in [0.25, 0.3) is 0 Å². The highest BCUT2D eigenvalue weighted by Crippen LogP contribution is 2.22. The van der Waals surface area contributed by atoms with Gasteiger partial charge in [-0.3, -0.25) is 9.48 Å². The van der Waals surface area contributed by atoms with Crippen molar-refractivity contribution >= 4 is 21.7 Å². The smallest absolute Gasteiger partial charge is 0.212 e. The van der Waals surface area contributed by atoms with Gasteiger partial charge in [-0.1, -0.05) is 0 Å². The SMILES string of the molecule is COCCn1ncc(Br)c1C(=O)c1ccc(F)cc1C. The van der Waals surface area contributed by atoms with Gasteiger partial charge in [0, 0.05) is 12.7 Å². The molecule has 0 atom stereocenters. The Kier molecular flexibility index (Phi) is 4.67. The molecule has 0 aliphatic carbocycles. The number of halogens is 2. The van der Waals surface area contributed by atoms with Crippen LogP contribution in [0.15, 0.2) is 28.9 Å². The molecule has 6 heteroatoms. The molecule has 4 nitrogen and oxygen atoms in total. The van der Waals surface area contributed by atoms with E-state index in [0.29, 0.717) is 34.4 Å². The third kappa shape index (κ3) is 2.96. The summed E-state index contributed by atoms with van der Waals surface area (Å²) in [6.07, 6.45) is 1.57. The van der Waals surface area contributed by atoms with Gasteiger partial charge < -0.3 is 4.74 Å². The zero-order valence-corrected chi connectivity index (χ0v) is 12.8. The van der Waals surface area contributed by atoms with Gasteiger partial charge in [0.05, 0.1) is 23.8 Å². The Bertz CT molecular complexity index is 640. The fourth-order valence-electron chi connectivity index (χ4n) is 1.94. The molecule has 2 aromatic rings. The number of benzene rings is 1. The number of nitrogens with zero attached hydrogens (tertiary/aromatic N) is 2. The van der Waals surface area contributed by atoms with E-state index >= 15 is 0 Å². The number of aromatic nitrogens is 2. The second-order valence-electron chi connectivity index (χ2n) is 4.35. The number of hydrogen-bond donors (Lipinski definition) is 0. The Labute approximate surface area is 124 Å². The third-order valence-electron chi connectivity index (χ3n) is 2.95. The number of hydrogen-bond acceptors (Lipinski definition) is 3. The van der Waals surface area contributed by atoms with Gasteiger partial charge in [-0.25, -0.2) is 4.39 Å². The number of carbonyl (C=O) groups excluding carboxylic acids is 1. The molecule has 0 saturated heterocycles. The third-order valence-corrected chi connectivity index (χ3v) is 3.53. The van der Waals surface area contributed by atoms with Crippen molar-refractivity contribution < 1.29 is 13.9 Å². The minimum Gasteiger partial charge on any atom is -0.383 e. The minimum absolute atomic E-state index is 0.192. The fraction of sp³-hybridized carbons (Fsp3) is 0.286. The van der Waals surface area contributed by atoms with Crippen molar-refractivity contribution in [3.63, 3.8) is 0 Å². The second kappa shape index (κ2) is 6.28. The summed E-state index contributed by atoms with van der Waals surface area (Å²) in [6.45, 7) is 2.64. The van der Waals surface area contributed by atoms with Crippen LogP contribution in [-0.4, -0.2) is 29.3 Å². The number of ketones is 1. The van der Waals surface area contributed by atoms with Crippen molar-refractivity contribution in [2.24, 2.45) is 0 Å². The molecule has 0 aliphatic rings. The zero-order valence-electron chi connectivity index (χ0n) is 11.2. The van der Waals surface area contributed by atoms with Gasteiger partial charge >= 0.3 is 0 Å². The van der Waals surface area contributed by atoms with Crippen LogP contribution in [0, 0.1) is 12.7 Å². The maximum Gasteiger partial charge on any atom is 0.212 e. The predicted octanol–water partition coefficient (Wildman–Crippen LogP) is 2.97. The summed E-state index contributed by atoms with van der Waals surface area (Å²) in [7, 11) is 1.59. The van der Waals surface area contributed by atoms with Crippen molar-refractivity contribution in [1.82, 2.24) is 9.78 Å². The average Bonchev–Trinajstić information content (AvgIpc) is 2.77. The van der Waals surface area contributed by atoms with Gasteiger partial charge in [-0.2, -0.15) is 5.10 Å². The molecule has 0 saturated carbocycles. The van der Waals surface area contributed by atoms with E-state index in [1.54, 1.807) is 24.9 Å². The molecule has 0 aliphatic heterocycles. The van der Waals surface area contributed by atoms with E-state index < -0.39 is 0 Å². The first kappa shape index (κ1) is 14.9. The van der Waals surface area contributed by atoms with Crippen LogP contribution in [0.2, 0.25) is 0 Å². The van der Waals surface area contributed by atoms with Gasteiger partial charge in [-0.05, 0) is 46.6 Å². The number of methoxy groups -OCH3 is 1. The standard InChI is InChI=1S/C14H14BrFN2O2/c1-9-7-10(16)3-4-11(9)14(19)13-12(15)8-17-18(13)5-6-20-2/h3-4,7-8H,5-6H2,1-2H3. The first-order valence-electron chi connectivity index (χ1n) is 6.05. The Hall–Kier alpha value is -1.53. The first-order valence-corrected chi connectivity index (χ1v) is 6.85. The summed E-state index contributed by atoms with van der Waals surface area (Å²) < 4.78 is 20.3. The lowest BCUT2D eigenvalue weighted by Gasteiger charge is -2.09. The van der Waals surface area contributed by atoms with Crippen molar-refractivity contribution in [2.45, 2.75) is 13.5 Å². The topological polar surface area (TPSA) is 44.1 Å². The zero-order chi connectivity index (χ0) is 14.7. The van der Waals surface area contributed by atoms with Crippen molar-refractivity contribution in [2.75, 3.05) is 13.7 Å². The molecular formula is C14H14BrFN2O2. The highest BCUT2D eigenvalue weighted by atomic mass is 79.9. The summed E-state index contributed by atoms with van der Waals surface area (Å²) in [4.78, 5) is 12.6. The Morgan fingerprint density at radius 2 is 2.25 bits per heavy atom. The second-order valence-corrected chi connectivity index (χ2v) is 5.20. The summed E-state index contributed by atoms with van der Waals surface area (Å²) in [5.41, 5.74) is 1.50. The fourth-order valence-corrected chi connectivity index (χ4v) is 2.42. The molecular weight excluding hydrogens is 327 g/mol. The lowest BCUT2D eigenvalue weighted by Crippen LogP contribution is -2.15. The molecule has 0 bridgehead atoms. The quantitative estimate of drug-likeness (QED) is 0.786. The predicted molar refractivity (Wildman–Crippen MR) is 76.4 cm³/mol. The average molecular weight is 341 g/mol. The van der Waals surface area contributed by atoms with Gasteiger partial charge in [0.1, 0.15) is 11.5 Å². The van der Waals surface area contributed by atoms with E-state index in [9.17, 15) is 9.18 Å². The highest BCUT2D eigenvalue weighted by Gasteiger charge is 2.20. The maximum absolute atomic E-state index is 13.1. The molecule has 0 fully saturated rings. The summed E-state index contributed by atoms with van der Waals surface area (Å²) in [5.74, 6) is -0.547. The molecule has 2 rings (SSSR count). The van der Waals surface area contributed by atoms with E-state index in [4.69, 9.17) is 4.74 Å². The molecule has 0 spiro atoms.